The van der Waals surface area contributed by atoms with E-state index in [1.807, 2.05) is 61.7 Å². The van der Waals surface area contributed by atoms with Gasteiger partial charge in [0.25, 0.3) is 5.56 Å². The number of nitrogens with one attached hydrogen (secondary N) is 1. The number of aromatic nitrogens is 3. The van der Waals surface area contributed by atoms with Gasteiger partial charge in [0.2, 0.25) is 5.91 Å². The molecule has 0 bridgehead atoms. The molecule has 0 spiro atoms. The molecule has 0 aliphatic rings. The Morgan fingerprint density at radius 3 is 2.74 bits per heavy atom. The number of carbonyl (C=O) groups is 1. The van der Waals surface area contributed by atoms with Gasteiger partial charge < -0.3 is 10.1 Å². The fourth-order valence-corrected chi connectivity index (χ4v) is 5.50. The van der Waals surface area contributed by atoms with Crippen LogP contribution >= 0.6 is 23.1 Å². The quantitative estimate of drug-likeness (QED) is 0.265. The van der Waals surface area contributed by atoms with E-state index in [1.165, 1.54) is 23.1 Å². The summed E-state index contributed by atoms with van der Waals surface area (Å²) in [7, 11) is 1.62. The van der Waals surface area contributed by atoms with Crippen LogP contribution in [0.2, 0.25) is 0 Å². The molecule has 2 heterocycles. The Kier molecular flexibility index (Phi) is 7.77. The number of hydrogen-bond acceptors (Lipinski definition) is 7. The van der Waals surface area contributed by atoms with Crippen molar-refractivity contribution in [1.29, 1.82) is 0 Å². The molecule has 34 heavy (non-hydrogen) atoms. The first kappa shape index (κ1) is 24.1. The zero-order valence-corrected chi connectivity index (χ0v) is 20.9. The normalized spacial score (nSPS) is 12.1. The Morgan fingerprint density at radius 1 is 1.18 bits per heavy atom. The van der Waals surface area contributed by atoms with E-state index < -0.39 is 0 Å². The second-order valence-electron chi connectivity index (χ2n) is 7.95. The summed E-state index contributed by atoms with van der Waals surface area (Å²) in [4.78, 5) is 35.0. The Morgan fingerprint density at radius 2 is 1.94 bits per heavy atom. The topological polar surface area (TPSA) is 86.1 Å². The van der Waals surface area contributed by atoms with E-state index in [4.69, 9.17) is 9.72 Å². The predicted molar refractivity (Wildman–Crippen MR) is 138 cm³/mol. The number of thioether (sulfide) groups is 1. The highest BCUT2D eigenvalue weighted by molar-refractivity contribution is 7.98. The van der Waals surface area contributed by atoms with E-state index in [2.05, 4.69) is 10.3 Å². The number of methoxy groups -OCH3 is 1. The summed E-state index contributed by atoms with van der Waals surface area (Å²) in [5.41, 5.74) is 3.27. The van der Waals surface area contributed by atoms with Gasteiger partial charge in [-0.1, -0.05) is 42.1 Å². The summed E-state index contributed by atoms with van der Waals surface area (Å²) in [5.74, 6) is 0.446. The molecule has 4 aromatic rings. The molecule has 0 aliphatic carbocycles. The molecule has 2 aromatic heterocycles. The lowest BCUT2D eigenvalue weighted by molar-refractivity contribution is -0.115. The predicted octanol–water partition coefficient (Wildman–Crippen LogP) is 4.84. The van der Waals surface area contributed by atoms with Crippen LogP contribution in [0.3, 0.4) is 0 Å². The average molecular weight is 495 g/mol. The third kappa shape index (κ3) is 5.55. The van der Waals surface area contributed by atoms with E-state index in [9.17, 15) is 9.59 Å². The molecule has 1 amide bonds. The van der Waals surface area contributed by atoms with Crippen molar-refractivity contribution in [3.63, 3.8) is 0 Å². The van der Waals surface area contributed by atoms with Crippen LogP contribution in [0.15, 0.2) is 63.9 Å². The number of carbonyl (C=O) groups excluding carboxylic acids is 1. The Labute approximate surface area is 206 Å². The lowest BCUT2D eigenvalue weighted by atomic mass is 10.2. The Hall–Kier alpha value is -3.01. The van der Waals surface area contributed by atoms with Crippen molar-refractivity contribution in [1.82, 2.24) is 14.5 Å². The Balaban J connectivity index is 1.48. The van der Waals surface area contributed by atoms with Gasteiger partial charge in [-0.3, -0.25) is 14.2 Å². The minimum Gasteiger partial charge on any atom is -0.383 e. The van der Waals surface area contributed by atoms with Gasteiger partial charge in [-0.2, -0.15) is 0 Å². The Bertz CT molecular complexity index is 1370. The number of para-hydroxylation sites is 2. The standard InChI is InChI=1S/C25H26N4O3S2/c1-16-8-4-6-10-20(16)27-22(30)12-23-26-18(14-33-23)15-34-25-28-21-11-7-5-9-19(21)24(31)29(25)17(2)13-32-3/h4-11,14,17H,12-13,15H2,1-3H3,(H,27,30)/t17-/m0/s1. The highest BCUT2D eigenvalue weighted by atomic mass is 32.2. The first-order valence-corrected chi connectivity index (χ1v) is 12.7. The van der Waals surface area contributed by atoms with Crippen molar-refractivity contribution in [2.45, 2.75) is 37.2 Å². The van der Waals surface area contributed by atoms with Gasteiger partial charge in [-0.05, 0) is 37.6 Å². The fraction of sp³-hybridized carbons (Fsp3) is 0.280. The molecule has 1 atom stereocenters. The first-order chi connectivity index (χ1) is 16.5. The average Bonchev–Trinajstić information content (AvgIpc) is 3.26. The molecule has 0 radical (unpaired) electrons. The number of nitrogens with zero attached hydrogens (tertiary/aromatic N) is 3. The van der Waals surface area contributed by atoms with Crippen LogP contribution in [0.4, 0.5) is 5.69 Å². The third-order valence-electron chi connectivity index (χ3n) is 5.30. The van der Waals surface area contributed by atoms with Crippen LogP contribution in [0.1, 0.15) is 29.2 Å². The molecular weight excluding hydrogens is 468 g/mol. The smallest absolute Gasteiger partial charge is 0.262 e. The van der Waals surface area contributed by atoms with Crippen molar-refractivity contribution in [3.8, 4) is 0 Å². The molecule has 0 aliphatic heterocycles. The molecule has 0 fully saturated rings. The number of benzene rings is 2. The summed E-state index contributed by atoms with van der Waals surface area (Å²) >= 11 is 2.92. The van der Waals surface area contributed by atoms with E-state index in [0.29, 0.717) is 28.4 Å². The molecule has 1 N–H and O–H groups in total. The zero-order chi connectivity index (χ0) is 24.1. The molecule has 4 rings (SSSR count). The fourth-order valence-electron chi connectivity index (χ4n) is 3.61. The van der Waals surface area contributed by atoms with Crippen molar-refractivity contribution in [3.05, 3.63) is 80.5 Å². The number of ether oxygens (including phenoxy) is 1. The molecule has 176 valence electrons. The van der Waals surface area contributed by atoms with Crippen LogP contribution in [-0.2, 0) is 21.7 Å². The maximum absolute atomic E-state index is 13.2. The maximum atomic E-state index is 13.2. The number of hydrogen-bond donors (Lipinski definition) is 1. The lowest BCUT2D eigenvalue weighted by Crippen LogP contribution is -2.28. The highest BCUT2D eigenvalue weighted by Crippen LogP contribution is 2.25. The zero-order valence-electron chi connectivity index (χ0n) is 19.3. The number of anilines is 1. The molecule has 7 nitrogen and oxygen atoms in total. The van der Waals surface area contributed by atoms with Gasteiger partial charge in [0.1, 0.15) is 5.01 Å². The van der Waals surface area contributed by atoms with Crippen LogP contribution < -0.4 is 10.9 Å². The van der Waals surface area contributed by atoms with Gasteiger partial charge >= 0.3 is 0 Å². The van der Waals surface area contributed by atoms with Crippen LogP contribution in [0, 0.1) is 6.92 Å². The van der Waals surface area contributed by atoms with Crippen LogP contribution in [-0.4, -0.2) is 34.2 Å². The monoisotopic (exact) mass is 494 g/mol. The van der Waals surface area contributed by atoms with E-state index in [-0.39, 0.29) is 23.9 Å². The van der Waals surface area contributed by atoms with Crippen LogP contribution in [0.5, 0.6) is 0 Å². The van der Waals surface area contributed by atoms with Crippen molar-refractivity contribution < 1.29 is 9.53 Å². The van der Waals surface area contributed by atoms with Gasteiger partial charge in [0.15, 0.2) is 5.16 Å². The van der Waals surface area contributed by atoms with Gasteiger partial charge in [0, 0.05) is 23.9 Å². The second kappa shape index (κ2) is 10.9. The molecule has 9 heteroatoms. The van der Waals surface area contributed by atoms with E-state index in [0.717, 1.165) is 22.0 Å². The largest absolute Gasteiger partial charge is 0.383 e. The SMILES string of the molecule is COC[C@H](C)n1c(SCc2csc(CC(=O)Nc3ccccc3C)n2)nc2ccccc2c1=O. The van der Waals surface area contributed by atoms with Crippen molar-refractivity contribution >= 4 is 45.6 Å². The van der Waals surface area contributed by atoms with Crippen LogP contribution in [0.25, 0.3) is 10.9 Å². The number of amides is 1. The van der Waals surface area contributed by atoms with Crippen molar-refractivity contribution in [2.75, 3.05) is 19.0 Å². The number of fused-ring (bicyclic) bond motifs is 1. The second-order valence-corrected chi connectivity index (χ2v) is 9.84. The number of thiazole rings is 1. The lowest BCUT2D eigenvalue weighted by Gasteiger charge is -2.18. The summed E-state index contributed by atoms with van der Waals surface area (Å²) in [5, 5.41) is 6.86. The van der Waals surface area contributed by atoms with Crippen molar-refractivity contribution in [2.24, 2.45) is 0 Å². The highest BCUT2D eigenvalue weighted by Gasteiger charge is 2.17. The van der Waals surface area contributed by atoms with Gasteiger partial charge in [-0.25, -0.2) is 9.97 Å². The third-order valence-corrected chi connectivity index (χ3v) is 7.19. The molecule has 0 saturated heterocycles. The molecule has 0 saturated carbocycles. The minimum absolute atomic E-state index is 0.0792. The summed E-state index contributed by atoms with van der Waals surface area (Å²) in [6, 6.07) is 14.9. The molecule has 0 unspecified atom stereocenters. The summed E-state index contributed by atoms with van der Waals surface area (Å²) < 4.78 is 6.98. The summed E-state index contributed by atoms with van der Waals surface area (Å²) in [6.07, 6.45) is 0.216. The maximum Gasteiger partial charge on any atom is 0.262 e. The number of aryl methyl sites for hydroxylation is 1. The minimum atomic E-state index is -0.159. The number of rotatable bonds is 9. The van der Waals surface area contributed by atoms with E-state index >= 15 is 0 Å². The molecular formula is C25H26N4O3S2. The van der Waals surface area contributed by atoms with Gasteiger partial charge in [0.05, 0.1) is 35.7 Å². The molecule has 2 aromatic carbocycles. The first-order valence-electron chi connectivity index (χ1n) is 10.9. The summed E-state index contributed by atoms with van der Waals surface area (Å²) in [6.45, 7) is 4.31. The van der Waals surface area contributed by atoms with Gasteiger partial charge in [-0.15, -0.1) is 11.3 Å². The van der Waals surface area contributed by atoms with E-state index in [1.54, 1.807) is 17.7 Å².